The zero-order valence-corrected chi connectivity index (χ0v) is 18.2. The van der Waals surface area contributed by atoms with E-state index in [1.54, 1.807) is 44.7 Å². The van der Waals surface area contributed by atoms with E-state index in [9.17, 15) is 9.18 Å². The van der Waals surface area contributed by atoms with Gasteiger partial charge in [0.1, 0.15) is 17.3 Å². The average molecular weight is 450 g/mol. The maximum absolute atomic E-state index is 13.5. The van der Waals surface area contributed by atoms with Gasteiger partial charge in [-0.15, -0.1) is 0 Å². The number of halogens is 1. The number of ether oxygens (including phenoxy) is 2. The first-order valence-electron chi connectivity index (χ1n) is 9.69. The van der Waals surface area contributed by atoms with Crippen LogP contribution in [0.1, 0.15) is 10.4 Å². The highest BCUT2D eigenvalue weighted by Crippen LogP contribution is 2.26. The summed E-state index contributed by atoms with van der Waals surface area (Å²) < 4.78 is 25.5. The quantitative estimate of drug-likeness (QED) is 0.404. The monoisotopic (exact) mass is 449 g/mol. The molecule has 0 amide bonds. The second-order valence-electron chi connectivity index (χ2n) is 6.96. The Morgan fingerprint density at radius 2 is 1.62 bits per heavy atom. The molecule has 0 unspecified atom stereocenters. The smallest absolute Gasteiger partial charge is 0.262 e. The van der Waals surface area contributed by atoms with Gasteiger partial charge in [-0.3, -0.25) is 9.36 Å². The van der Waals surface area contributed by atoms with Crippen molar-refractivity contribution in [2.45, 2.75) is 0 Å². The van der Waals surface area contributed by atoms with Crippen molar-refractivity contribution in [3.05, 3.63) is 84.3 Å². The van der Waals surface area contributed by atoms with E-state index in [1.165, 1.54) is 22.8 Å². The molecular formula is C24H20FN3O3S. The second kappa shape index (κ2) is 9.07. The van der Waals surface area contributed by atoms with E-state index >= 15 is 0 Å². The van der Waals surface area contributed by atoms with E-state index in [1.807, 2.05) is 24.3 Å². The summed E-state index contributed by atoms with van der Waals surface area (Å²) >= 11 is 5.42. The van der Waals surface area contributed by atoms with Gasteiger partial charge in [0, 0.05) is 46.7 Å². The van der Waals surface area contributed by atoms with Crippen LogP contribution >= 0.6 is 12.2 Å². The predicted molar refractivity (Wildman–Crippen MR) is 127 cm³/mol. The molecule has 0 bridgehead atoms. The molecular weight excluding hydrogens is 429 g/mol. The first-order valence-corrected chi connectivity index (χ1v) is 10.1. The number of carbonyl (C=O) groups excluding carboxylic acids is 1. The van der Waals surface area contributed by atoms with Crippen LogP contribution in [0.4, 0.5) is 15.8 Å². The molecule has 2 N–H and O–H groups in total. The molecule has 0 spiro atoms. The van der Waals surface area contributed by atoms with Crippen LogP contribution in [-0.2, 0) is 0 Å². The minimum atomic E-state index is -0.450. The van der Waals surface area contributed by atoms with Crippen LogP contribution < -0.4 is 20.1 Å². The van der Waals surface area contributed by atoms with Crippen molar-refractivity contribution in [2.24, 2.45) is 0 Å². The Morgan fingerprint density at radius 1 is 0.906 bits per heavy atom. The van der Waals surface area contributed by atoms with Crippen molar-refractivity contribution in [3.63, 3.8) is 0 Å². The van der Waals surface area contributed by atoms with Crippen LogP contribution in [0.15, 0.2) is 72.9 Å². The van der Waals surface area contributed by atoms with Gasteiger partial charge in [0.2, 0.25) is 0 Å². The van der Waals surface area contributed by atoms with Gasteiger partial charge in [0.25, 0.3) is 5.91 Å². The van der Waals surface area contributed by atoms with Gasteiger partial charge in [0.15, 0.2) is 5.11 Å². The Labute approximate surface area is 189 Å². The Morgan fingerprint density at radius 3 is 2.31 bits per heavy atom. The summed E-state index contributed by atoms with van der Waals surface area (Å²) in [5.74, 6) is 0.526. The number of anilines is 2. The van der Waals surface area contributed by atoms with E-state index in [-0.39, 0.29) is 11.5 Å². The van der Waals surface area contributed by atoms with E-state index in [4.69, 9.17) is 21.7 Å². The zero-order chi connectivity index (χ0) is 22.7. The van der Waals surface area contributed by atoms with Crippen molar-refractivity contribution < 1.29 is 18.7 Å². The molecule has 1 aromatic heterocycles. The largest absolute Gasteiger partial charge is 0.497 e. The van der Waals surface area contributed by atoms with E-state index in [0.29, 0.717) is 27.8 Å². The van der Waals surface area contributed by atoms with Crippen LogP contribution in [0, 0.1) is 5.82 Å². The molecule has 0 saturated carbocycles. The molecule has 3 aromatic carbocycles. The average Bonchev–Trinajstić information content (AvgIpc) is 3.21. The third kappa shape index (κ3) is 4.55. The lowest BCUT2D eigenvalue weighted by molar-refractivity contribution is 0.0964. The molecule has 0 saturated heterocycles. The Bertz CT molecular complexity index is 1300. The maximum atomic E-state index is 13.5. The highest BCUT2D eigenvalue weighted by Gasteiger charge is 2.13. The molecule has 4 aromatic rings. The van der Waals surface area contributed by atoms with Crippen LogP contribution in [-0.4, -0.2) is 29.8 Å². The van der Waals surface area contributed by atoms with Crippen LogP contribution in [0.2, 0.25) is 0 Å². The number of nitrogens with zero attached hydrogens (tertiary/aromatic N) is 1. The molecule has 162 valence electrons. The number of hydrogen-bond acceptors (Lipinski definition) is 4. The predicted octanol–water partition coefficient (Wildman–Crippen LogP) is 5.30. The Hall–Kier alpha value is -3.91. The van der Waals surface area contributed by atoms with Gasteiger partial charge in [-0.05, 0) is 54.7 Å². The fourth-order valence-electron chi connectivity index (χ4n) is 3.33. The summed E-state index contributed by atoms with van der Waals surface area (Å²) in [4.78, 5) is 12.8. The maximum Gasteiger partial charge on any atom is 0.262 e. The first kappa shape index (κ1) is 21.3. The summed E-state index contributed by atoms with van der Waals surface area (Å²) in [5.41, 5.74) is 2.46. The van der Waals surface area contributed by atoms with E-state index < -0.39 is 5.82 Å². The number of methoxy groups -OCH3 is 2. The molecule has 0 radical (unpaired) electrons. The molecule has 1 heterocycles. The van der Waals surface area contributed by atoms with E-state index in [0.717, 1.165) is 11.1 Å². The number of hydrogen-bond donors (Lipinski definition) is 2. The van der Waals surface area contributed by atoms with Crippen LogP contribution in [0.3, 0.4) is 0 Å². The van der Waals surface area contributed by atoms with Gasteiger partial charge >= 0.3 is 0 Å². The molecule has 0 aliphatic heterocycles. The normalized spacial score (nSPS) is 10.6. The lowest BCUT2D eigenvalue weighted by Crippen LogP contribution is -2.19. The third-order valence-electron chi connectivity index (χ3n) is 4.85. The number of thiocarbonyl (C=S) groups is 1. The summed E-state index contributed by atoms with van der Waals surface area (Å²) in [6.45, 7) is 0. The molecule has 4 rings (SSSR count). The Kier molecular flexibility index (Phi) is 6.04. The number of carbonyl (C=O) groups is 1. The lowest BCUT2D eigenvalue weighted by Gasteiger charge is -2.13. The number of fused-ring (bicyclic) bond motifs is 1. The molecule has 0 aliphatic rings. The molecule has 32 heavy (non-hydrogen) atoms. The van der Waals surface area contributed by atoms with Gasteiger partial charge in [-0.1, -0.05) is 6.07 Å². The number of aromatic nitrogens is 1. The summed E-state index contributed by atoms with van der Waals surface area (Å²) in [6, 6.07) is 18.3. The first-order chi connectivity index (χ1) is 15.5. The van der Waals surface area contributed by atoms with Gasteiger partial charge in [0.05, 0.1) is 19.7 Å². The summed E-state index contributed by atoms with van der Waals surface area (Å²) in [7, 11) is 3.16. The summed E-state index contributed by atoms with van der Waals surface area (Å²) in [5, 5.41) is 7.46. The molecule has 0 atom stereocenters. The van der Waals surface area contributed by atoms with Crippen molar-refractivity contribution >= 4 is 45.5 Å². The number of nitrogens with one attached hydrogen (secondary N) is 2. The summed E-state index contributed by atoms with van der Waals surface area (Å²) in [6.07, 6.45) is 1.67. The van der Waals surface area contributed by atoms with E-state index in [2.05, 4.69) is 10.6 Å². The van der Waals surface area contributed by atoms with Gasteiger partial charge in [-0.25, -0.2) is 4.39 Å². The third-order valence-corrected chi connectivity index (χ3v) is 5.05. The zero-order valence-electron chi connectivity index (χ0n) is 17.4. The van der Waals surface area contributed by atoms with Gasteiger partial charge < -0.3 is 20.1 Å². The topological polar surface area (TPSA) is 64.5 Å². The fraction of sp³-hybridized carbons (Fsp3) is 0.0833. The minimum absolute atomic E-state index is 0.281. The highest BCUT2D eigenvalue weighted by atomic mass is 32.1. The highest BCUT2D eigenvalue weighted by molar-refractivity contribution is 7.80. The standard InChI is InChI=1S/C24H20FN3O3S/c1-30-20-12-19(13-21(14-20)31-2)27-24(32)26-18-6-7-22-15(11-18)8-9-28(22)23(29)16-4-3-5-17(25)10-16/h3-14H,1-2H3,(H2,26,27,32). The number of benzene rings is 3. The van der Waals surface area contributed by atoms with Gasteiger partial charge in [-0.2, -0.15) is 0 Å². The van der Waals surface area contributed by atoms with Crippen molar-refractivity contribution in [1.29, 1.82) is 0 Å². The van der Waals surface area contributed by atoms with Crippen molar-refractivity contribution in [1.82, 2.24) is 4.57 Å². The molecule has 6 nitrogen and oxygen atoms in total. The SMILES string of the molecule is COc1cc(NC(=S)Nc2ccc3c(ccn3C(=O)c3cccc(F)c3)c2)cc(OC)c1. The minimum Gasteiger partial charge on any atom is -0.497 e. The molecule has 0 fully saturated rings. The van der Waals surface area contributed by atoms with Crippen LogP contribution in [0.5, 0.6) is 11.5 Å². The second-order valence-corrected chi connectivity index (χ2v) is 7.36. The lowest BCUT2D eigenvalue weighted by atomic mass is 10.2. The van der Waals surface area contributed by atoms with Crippen LogP contribution in [0.25, 0.3) is 10.9 Å². The van der Waals surface area contributed by atoms with Crippen molar-refractivity contribution in [3.8, 4) is 11.5 Å². The van der Waals surface area contributed by atoms with Crippen molar-refractivity contribution in [2.75, 3.05) is 24.9 Å². The number of rotatable bonds is 5. The molecule has 8 heteroatoms. The molecule has 0 aliphatic carbocycles. The fourth-order valence-corrected chi connectivity index (χ4v) is 3.57. The Balaban J connectivity index is 1.51.